The lowest BCUT2D eigenvalue weighted by Crippen LogP contribution is -2.12. The van der Waals surface area contributed by atoms with E-state index in [2.05, 4.69) is 0 Å². The average molecular weight is 202 g/mol. The summed E-state index contributed by atoms with van der Waals surface area (Å²) in [4.78, 5) is 0. The first-order chi connectivity index (χ1) is 6.21. The van der Waals surface area contributed by atoms with Crippen LogP contribution in [0.15, 0.2) is 24.3 Å². The van der Waals surface area contributed by atoms with Gasteiger partial charge in [-0.15, -0.1) is 0 Å². The van der Waals surface area contributed by atoms with Gasteiger partial charge in [0.25, 0.3) is 0 Å². The van der Waals surface area contributed by atoms with Crippen LogP contribution in [0.25, 0.3) is 0 Å². The number of hydrogen-bond donors (Lipinski definition) is 0. The van der Waals surface area contributed by atoms with Crippen molar-refractivity contribution in [2.75, 3.05) is 0 Å². The monoisotopic (exact) mass is 202 g/mol. The maximum absolute atomic E-state index is 12.2. The highest BCUT2D eigenvalue weighted by Gasteiger charge is 2.30. The summed E-state index contributed by atoms with van der Waals surface area (Å²) in [5.41, 5.74) is 0.209. The molecule has 0 aromatic heterocycles. The van der Waals surface area contributed by atoms with Gasteiger partial charge in [-0.25, -0.2) is 0 Å². The summed E-state index contributed by atoms with van der Waals surface area (Å²) in [5.74, 6) is 0. The predicted molar refractivity (Wildman–Crippen MR) is 50.1 cm³/mol. The second kappa shape index (κ2) is 3.30. The van der Waals surface area contributed by atoms with Crippen molar-refractivity contribution < 1.29 is 13.2 Å². The summed E-state index contributed by atoms with van der Waals surface area (Å²) in [5, 5.41) is 0. The highest BCUT2D eigenvalue weighted by Crippen LogP contribution is 2.31. The van der Waals surface area contributed by atoms with Crippen LogP contribution in [0, 0.1) is 0 Å². The molecule has 0 unspecified atom stereocenters. The summed E-state index contributed by atoms with van der Waals surface area (Å²) in [6, 6.07) is 5.31. The van der Waals surface area contributed by atoms with Crippen LogP contribution in [-0.2, 0) is 11.6 Å². The van der Waals surface area contributed by atoms with Gasteiger partial charge in [-0.2, -0.15) is 13.2 Å². The van der Waals surface area contributed by atoms with Crippen molar-refractivity contribution >= 4 is 0 Å². The lowest BCUT2D eigenvalue weighted by atomic mass is 9.87. The zero-order valence-corrected chi connectivity index (χ0v) is 8.44. The van der Waals surface area contributed by atoms with Gasteiger partial charge in [0.2, 0.25) is 0 Å². The topological polar surface area (TPSA) is 0 Å². The number of rotatable bonds is 0. The molecule has 14 heavy (non-hydrogen) atoms. The molecule has 1 rings (SSSR count). The summed E-state index contributed by atoms with van der Waals surface area (Å²) >= 11 is 0. The Morgan fingerprint density at radius 2 is 1.14 bits per heavy atom. The zero-order chi connectivity index (χ0) is 11.0. The number of benzene rings is 1. The first kappa shape index (κ1) is 11.1. The molecule has 0 atom stereocenters. The summed E-state index contributed by atoms with van der Waals surface area (Å²) < 4.78 is 36.6. The summed E-state index contributed by atoms with van der Waals surface area (Å²) in [6.45, 7) is 5.90. The van der Waals surface area contributed by atoms with Gasteiger partial charge in [-0.05, 0) is 23.1 Å². The van der Waals surface area contributed by atoms with Gasteiger partial charge in [0, 0.05) is 0 Å². The third-order valence-corrected chi connectivity index (χ3v) is 2.08. The molecule has 78 valence electrons. The Labute approximate surface area is 81.8 Å². The van der Waals surface area contributed by atoms with E-state index in [1.54, 1.807) is 0 Å². The fourth-order valence-electron chi connectivity index (χ4n) is 1.16. The van der Waals surface area contributed by atoms with Crippen molar-refractivity contribution in [2.24, 2.45) is 0 Å². The number of halogens is 3. The molecule has 0 N–H and O–H groups in total. The van der Waals surface area contributed by atoms with Crippen molar-refractivity contribution in [3.05, 3.63) is 35.4 Å². The van der Waals surface area contributed by atoms with Gasteiger partial charge >= 0.3 is 6.18 Å². The molecule has 0 amide bonds. The van der Waals surface area contributed by atoms with Crippen molar-refractivity contribution in [1.29, 1.82) is 0 Å². The smallest absolute Gasteiger partial charge is 0.166 e. The van der Waals surface area contributed by atoms with E-state index in [1.165, 1.54) is 12.1 Å². The Morgan fingerprint density at radius 1 is 0.786 bits per heavy atom. The van der Waals surface area contributed by atoms with Crippen LogP contribution in [0.4, 0.5) is 13.2 Å². The minimum atomic E-state index is -4.24. The maximum Gasteiger partial charge on any atom is 0.416 e. The second-order valence-corrected chi connectivity index (χ2v) is 4.33. The fraction of sp³-hybridized carbons (Fsp3) is 0.455. The molecule has 0 heterocycles. The molecule has 0 fully saturated rings. The van der Waals surface area contributed by atoms with Crippen molar-refractivity contribution in [1.82, 2.24) is 0 Å². The lowest BCUT2D eigenvalue weighted by Gasteiger charge is -2.19. The van der Waals surface area contributed by atoms with E-state index >= 15 is 0 Å². The lowest BCUT2D eigenvalue weighted by molar-refractivity contribution is -0.137. The molecule has 3 heteroatoms. The minimum Gasteiger partial charge on any atom is -0.166 e. The van der Waals surface area contributed by atoms with Gasteiger partial charge in [0.15, 0.2) is 0 Å². The molecular formula is C11H13F3. The van der Waals surface area contributed by atoms with Gasteiger partial charge in [-0.1, -0.05) is 32.9 Å². The van der Waals surface area contributed by atoms with Crippen LogP contribution in [0.1, 0.15) is 31.9 Å². The molecule has 0 aliphatic rings. The summed E-state index contributed by atoms with van der Waals surface area (Å²) in [6.07, 6.45) is -4.24. The van der Waals surface area contributed by atoms with Gasteiger partial charge < -0.3 is 0 Å². The van der Waals surface area contributed by atoms with Crippen LogP contribution in [-0.4, -0.2) is 0 Å². The maximum atomic E-state index is 12.2. The predicted octanol–water partition coefficient (Wildman–Crippen LogP) is 4.00. The number of hydrogen-bond acceptors (Lipinski definition) is 0. The van der Waals surface area contributed by atoms with Crippen molar-refractivity contribution in [3.63, 3.8) is 0 Å². The van der Waals surface area contributed by atoms with E-state index in [9.17, 15) is 13.2 Å². The second-order valence-electron chi connectivity index (χ2n) is 4.33. The van der Waals surface area contributed by atoms with E-state index in [-0.39, 0.29) is 5.41 Å². The van der Waals surface area contributed by atoms with Gasteiger partial charge in [0.05, 0.1) is 5.56 Å². The fourth-order valence-corrected chi connectivity index (χ4v) is 1.16. The Bertz CT molecular complexity index is 268. The highest BCUT2D eigenvalue weighted by atomic mass is 19.4. The standard InChI is InChI=1S/C11H13F3/c1-10(2,3)8-4-6-9(7-5-8)11(12,13)14/h4-7H,1-3H3. The first-order valence-electron chi connectivity index (χ1n) is 4.39. The van der Waals surface area contributed by atoms with E-state index in [1.807, 2.05) is 20.8 Å². The normalized spacial score (nSPS) is 13.0. The molecule has 0 saturated carbocycles. The number of alkyl halides is 3. The highest BCUT2D eigenvalue weighted by molar-refractivity contribution is 5.28. The largest absolute Gasteiger partial charge is 0.416 e. The van der Waals surface area contributed by atoms with Crippen molar-refractivity contribution in [2.45, 2.75) is 32.4 Å². The SMILES string of the molecule is CC(C)(C)c1ccc(C(F)(F)F)cc1. The first-order valence-corrected chi connectivity index (χ1v) is 4.39. The molecule has 0 aliphatic carbocycles. The molecule has 0 spiro atoms. The Kier molecular flexibility index (Phi) is 2.61. The van der Waals surface area contributed by atoms with Crippen LogP contribution < -0.4 is 0 Å². The minimum absolute atomic E-state index is 0.107. The molecule has 1 aromatic rings. The Balaban J connectivity index is 3.02. The van der Waals surface area contributed by atoms with E-state index in [0.717, 1.165) is 17.7 Å². The van der Waals surface area contributed by atoms with Crippen LogP contribution >= 0.6 is 0 Å². The zero-order valence-electron chi connectivity index (χ0n) is 8.44. The Morgan fingerprint density at radius 3 is 1.43 bits per heavy atom. The van der Waals surface area contributed by atoms with E-state index < -0.39 is 11.7 Å². The molecule has 0 saturated heterocycles. The van der Waals surface area contributed by atoms with Crippen LogP contribution in [0.3, 0.4) is 0 Å². The van der Waals surface area contributed by atoms with E-state index in [4.69, 9.17) is 0 Å². The van der Waals surface area contributed by atoms with Crippen LogP contribution in [0.5, 0.6) is 0 Å². The van der Waals surface area contributed by atoms with Crippen molar-refractivity contribution in [3.8, 4) is 0 Å². The Hall–Kier alpha value is -0.990. The third kappa shape index (κ3) is 2.50. The molecule has 0 bridgehead atoms. The molecule has 0 aliphatic heterocycles. The molecule has 0 radical (unpaired) electrons. The summed E-state index contributed by atoms with van der Waals surface area (Å²) in [7, 11) is 0. The van der Waals surface area contributed by atoms with Gasteiger partial charge in [-0.3, -0.25) is 0 Å². The van der Waals surface area contributed by atoms with Crippen LogP contribution in [0.2, 0.25) is 0 Å². The van der Waals surface area contributed by atoms with E-state index in [0.29, 0.717) is 0 Å². The third-order valence-electron chi connectivity index (χ3n) is 2.08. The molecular weight excluding hydrogens is 189 g/mol. The molecule has 1 aromatic carbocycles. The average Bonchev–Trinajstić information content (AvgIpc) is 2.01. The molecule has 0 nitrogen and oxygen atoms in total. The quantitative estimate of drug-likeness (QED) is 0.596. The van der Waals surface area contributed by atoms with Gasteiger partial charge in [0.1, 0.15) is 0 Å².